The number of unbranched alkanes of at least 4 members (excludes halogenated alkanes) is 1. The van der Waals surface area contributed by atoms with Crippen LogP contribution in [0.2, 0.25) is 0 Å². The minimum atomic E-state index is -1.01. The number of carbonyl (C=O) groups excluding carboxylic acids is 1. The van der Waals surface area contributed by atoms with Gasteiger partial charge in [-0.05, 0) is 40.0 Å². The molecule has 0 rings (SSSR count). The average Bonchev–Trinajstić information content (AvgIpc) is 2.46. The third-order valence-electron chi connectivity index (χ3n) is 3.10. The van der Waals surface area contributed by atoms with Gasteiger partial charge in [-0.15, -0.1) is 0 Å². The van der Waals surface area contributed by atoms with E-state index in [2.05, 4.69) is 0 Å². The predicted octanol–water partition coefficient (Wildman–Crippen LogP) is 1.47. The number of carboxylic acids is 1. The Bertz CT molecular complexity index is 370. The van der Waals surface area contributed by atoms with Gasteiger partial charge in [-0.1, -0.05) is 0 Å². The summed E-state index contributed by atoms with van der Waals surface area (Å²) >= 11 is 0. The van der Waals surface area contributed by atoms with E-state index in [0.717, 1.165) is 0 Å². The quantitative estimate of drug-likeness (QED) is 0.514. The Kier molecular flexibility index (Phi) is 11.4. The van der Waals surface area contributed by atoms with Gasteiger partial charge < -0.3 is 30.0 Å². The summed E-state index contributed by atoms with van der Waals surface area (Å²) in [6.45, 7) is 7.65. The number of hydrogen-bond donors (Lipinski definition) is 2. The van der Waals surface area contributed by atoms with Crippen LogP contribution in [0.5, 0.6) is 0 Å². The molecule has 0 aliphatic rings. The molecule has 0 aliphatic carbocycles. The molecule has 24 heavy (non-hydrogen) atoms. The first kappa shape index (κ1) is 22.6. The van der Waals surface area contributed by atoms with Crippen molar-refractivity contribution in [2.24, 2.45) is 5.73 Å². The summed E-state index contributed by atoms with van der Waals surface area (Å²) in [4.78, 5) is 24.5. The molecule has 142 valence electrons. The maximum atomic E-state index is 12.2. The van der Waals surface area contributed by atoms with Crippen molar-refractivity contribution in [1.82, 2.24) is 4.90 Å². The van der Waals surface area contributed by atoms with E-state index in [0.29, 0.717) is 52.2 Å². The van der Waals surface area contributed by atoms with Crippen LogP contribution < -0.4 is 5.73 Å². The molecule has 1 atom stereocenters. The number of aliphatic carboxylic acids is 1. The SMILES string of the molecule is COCCOCCN(CCCCC(N)C(=O)O)C(=O)OC(C)(C)C. The molecule has 8 heteroatoms. The molecule has 0 fully saturated rings. The Balaban J connectivity index is 4.30. The van der Waals surface area contributed by atoms with E-state index < -0.39 is 23.7 Å². The molecule has 0 aromatic carbocycles. The molecule has 0 radical (unpaired) electrons. The number of amides is 1. The third kappa shape index (κ3) is 12.1. The average molecular weight is 348 g/mol. The van der Waals surface area contributed by atoms with E-state index >= 15 is 0 Å². The van der Waals surface area contributed by atoms with Crippen molar-refractivity contribution in [1.29, 1.82) is 0 Å². The van der Waals surface area contributed by atoms with E-state index in [1.54, 1.807) is 12.0 Å². The number of hydrogen-bond acceptors (Lipinski definition) is 6. The van der Waals surface area contributed by atoms with Gasteiger partial charge in [0.25, 0.3) is 0 Å². The van der Waals surface area contributed by atoms with Crippen molar-refractivity contribution in [2.75, 3.05) is 40.0 Å². The first-order valence-corrected chi connectivity index (χ1v) is 8.20. The molecular formula is C16H32N2O6. The lowest BCUT2D eigenvalue weighted by Crippen LogP contribution is -2.39. The second-order valence-electron chi connectivity index (χ2n) is 6.51. The monoisotopic (exact) mass is 348 g/mol. The molecule has 1 unspecified atom stereocenters. The lowest BCUT2D eigenvalue weighted by Gasteiger charge is -2.27. The Hall–Kier alpha value is -1.38. The normalized spacial score (nSPS) is 12.7. The fraction of sp³-hybridized carbons (Fsp3) is 0.875. The standard InChI is InChI=1S/C16H32N2O6/c1-16(2,3)24-15(21)18(9-10-23-12-11-22-4)8-6-5-7-13(17)14(19)20/h13H,5-12,17H2,1-4H3,(H,19,20). The molecule has 0 bridgehead atoms. The number of nitrogens with two attached hydrogens (primary N) is 1. The highest BCUT2D eigenvalue weighted by molar-refractivity contribution is 5.72. The number of methoxy groups -OCH3 is 1. The second-order valence-corrected chi connectivity index (χ2v) is 6.51. The Labute approximate surface area is 144 Å². The molecule has 1 amide bonds. The molecular weight excluding hydrogens is 316 g/mol. The largest absolute Gasteiger partial charge is 0.480 e. The Morgan fingerprint density at radius 2 is 1.79 bits per heavy atom. The van der Waals surface area contributed by atoms with Gasteiger partial charge in [-0.3, -0.25) is 4.79 Å². The smallest absolute Gasteiger partial charge is 0.410 e. The lowest BCUT2D eigenvalue weighted by molar-refractivity contribution is -0.138. The molecule has 0 spiro atoms. The van der Waals surface area contributed by atoms with Crippen LogP contribution in [0.1, 0.15) is 40.0 Å². The van der Waals surface area contributed by atoms with Crippen molar-refractivity contribution in [3.63, 3.8) is 0 Å². The van der Waals surface area contributed by atoms with Gasteiger partial charge >= 0.3 is 12.1 Å². The number of carbonyl (C=O) groups is 2. The predicted molar refractivity (Wildman–Crippen MR) is 90.0 cm³/mol. The zero-order valence-electron chi connectivity index (χ0n) is 15.2. The number of ether oxygens (including phenoxy) is 3. The second kappa shape index (κ2) is 12.0. The molecule has 0 aromatic rings. The van der Waals surface area contributed by atoms with Crippen molar-refractivity contribution >= 4 is 12.1 Å². The zero-order chi connectivity index (χ0) is 18.6. The Morgan fingerprint density at radius 3 is 2.33 bits per heavy atom. The summed E-state index contributed by atoms with van der Waals surface area (Å²) < 4.78 is 15.7. The molecule has 0 saturated heterocycles. The fourth-order valence-electron chi connectivity index (χ4n) is 1.83. The topological polar surface area (TPSA) is 111 Å². The van der Waals surface area contributed by atoms with E-state index in [-0.39, 0.29) is 0 Å². The third-order valence-corrected chi connectivity index (χ3v) is 3.10. The van der Waals surface area contributed by atoms with Gasteiger partial charge in [0.05, 0.1) is 19.8 Å². The first-order chi connectivity index (χ1) is 11.2. The summed E-state index contributed by atoms with van der Waals surface area (Å²) in [7, 11) is 1.60. The van der Waals surface area contributed by atoms with Crippen molar-refractivity contribution in [2.45, 2.75) is 51.7 Å². The van der Waals surface area contributed by atoms with Gasteiger partial charge in [0, 0.05) is 20.2 Å². The fourth-order valence-corrected chi connectivity index (χ4v) is 1.83. The van der Waals surface area contributed by atoms with Gasteiger partial charge in [-0.25, -0.2) is 4.79 Å². The molecule has 0 heterocycles. The number of carboxylic acid groups (broad SMARTS) is 1. The van der Waals surface area contributed by atoms with Gasteiger partial charge in [0.1, 0.15) is 11.6 Å². The number of rotatable bonds is 12. The highest BCUT2D eigenvalue weighted by Crippen LogP contribution is 2.11. The molecule has 0 saturated carbocycles. The first-order valence-electron chi connectivity index (χ1n) is 8.20. The van der Waals surface area contributed by atoms with Crippen LogP contribution in [0.25, 0.3) is 0 Å². The highest BCUT2D eigenvalue weighted by Gasteiger charge is 2.22. The minimum Gasteiger partial charge on any atom is -0.480 e. The van der Waals surface area contributed by atoms with Crippen molar-refractivity contribution in [3.05, 3.63) is 0 Å². The van der Waals surface area contributed by atoms with E-state index in [4.69, 9.17) is 25.1 Å². The van der Waals surface area contributed by atoms with Crippen LogP contribution in [-0.2, 0) is 19.0 Å². The van der Waals surface area contributed by atoms with Crippen LogP contribution >= 0.6 is 0 Å². The van der Waals surface area contributed by atoms with Gasteiger partial charge in [0.2, 0.25) is 0 Å². The summed E-state index contributed by atoms with van der Waals surface area (Å²) in [6.07, 6.45) is 1.25. The van der Waals surface area contributed by atoms with Crippen molar-refractivity contribution in [3.8, 4) is 0 Å². The summed E-state index contributed by atoms with van der Waals surface area (Å²) in [5.41, 5.74) is 4.89. The van der Waals surface area contributed by atoms with Crippen LogP contribution in [0.15, 0.2) is 0 Å². The van der Waals surface area contributed by atoms with Crippen LogP contribution in [0, 0.1) is 0 Å². The lowest BCUT2D eigenvalue weighted by atomic mass is 10.1. The van der Waals surface area contributed by atoms with Crippen LogP contribution in [-0.4, -0.2) is 73.7 Å². The molecule has 3 N–H and O–H groups in total. The number of nitrogens with zero attached hydrogens (tertiary/aromatic N) is 1. The maximum Gasteiger partial charge on any atom is 0.410 e. The zero-order valence-corrected chi connectivity index (χ0v) is 15.2. The maximum absolute atomic E-state index is 12.2. The highest BCUT2D eigenvalue weighted by atomic mass is 16.6. The van der Waals surface area contributed by atoms with Crippen LogP contribution in [0.3, 0.4) is 0 Å². The summed E-state index contributed by atoms with van der Waals surface area (Å²) in [6, 6.07) is -0.864. The summed E-state index contributed by atoms with van der Waals surface area (Å²) in [5, 5.41) is 8.76. The molecule has 8 nitrogen and oxygen atoms in total. The minimum absolute atomic E-state index is 0.377. The van der Waals surface area contributed by atoms with E-state index in [1.165, 1.54) is 0 Å². The van der Waals surface area contributed by atoms with Gasteiger partial charge in [-0.2, -0.15) is 0 Å². The molecule has 0 aromatic heterocycles. The van der Waals surface area contributed by atoms with Crippen molar-refractivity contribution < 1.29 is 28.9 Å². The van der Waals surface area contributed by atoms with E-state index in [9.17, 15) is 9.59 Å². The summed E-state index contributed by atoms with van der Waals surface area (Å²) in [5.74, 6) is -1.01. The van der Waals surface area contributed by atoms with Gasteiger partial charge in [0.15, 0.2) is 0 Å². The van der Waals surface area contributed by atoms with E-state index in [1.807, 2.05) is 20.8 Å². The molecule has 0 aliphatic heterocycles. The van der Waals surface area contributed by atoms with Crippen LogP contribution in [0.4, 0.5) is 4.79 Å². The Morgan fingerprint density at radius 1 is 1.12 bits per heavy atom.